The zero-order valence-corrected chi connectivity index (χ0v) is 19.1. The first kappa shape index (κ1) is 20.8. The van der Waals surface area contributed by atoms with Gasteiger partial charge in [0, 0.05) is 22.0 Å². The quantitative estimate of drug-likeness (QED) is 0.566. The maximum Gasteiger partial charge on any atom is 0.238 e. The van der Waals surface area contributed by atoms with E-state index in [0.29, 0.717) is 6.54 Å². The summed E-state index contributed by atoms with van der Waals surface area (Å²) in [6.07, 6.45) is 2.09. The second-order valence-electron chi connectivity index (χ2n) is 8.23. The van der Waals surface area contributed by atoms with E-state index in [2.05, 4.69) is 73.5 Å². The van der Waals surface area contributed by atoms with Gasteiger partial charge in [-0.3, -0.25) is 9.69 Å². The summed E-state index contributed by atoms with van der Waals surface area (Å²) in [4.78, 5) is 18.2. The molecule has 0 spiro atoms. The zero-order chi connectivity index (χ0) is 21.3. The van der Waals surface area contributed by atoms with Crippen molar-refractivity contribution in [2.75, 3.05) is 18.4 Å². The molecule has 3 nitrogen and oxygen atoms in total. The molecule has 1 N–H and O–H groups in total. The van der Waals surface area contributed by atoms with Gasteiger partial charge in [0.2, 0.25) is 5.91 Å². The molecule has 0 saturated heterocycles. The molecule has 1 unspecified atom stereocenters. The number of fused-ring (bicyclic) bond motifs is 1. The van der Waals surface area contributed by atoms with E-state index in [4.69, 9.17) is 0 Å². The fourth-order valence-electron chi connectivity index (χ4n) is 4.57. The van der Waals surface area contributed by atoms with Gasteiger partial charge >= 0.3 is 0 Å². The highest BCUT2D eigenvalue weighted by atomic mass is 32.1. The zero-order valence-electron chi connectivity index (χ0n) is 18.3. The smallest absolute Gasteiger partial charge is 0.238 e. The Hall–Kier alpha value is -2.43. The molecule has 0 fully saturated rings. The van der Waals surface area contributed by atoms with Crippen LogP contribution in [-0.2, 0) is 17.6 Å². The lowest BCUT2D eigenvalue weighted by Crippen LogP contribution is -2.40. The number of anilines is 1. The number of nitrogens with one attached hydrogen (secondary N) is 1. The Labute approximate surface area is 183 Å². The number of hydrogen-bond acceptors (Lipinski definition) is 3. The Kier molecular flexibility index (Phi) is 6.07. The van der Waals surface area contributed by atoms with Crippen molar-refractivity contribution in [2.24, 2.45) is 0 Å². The highest BCUT2D eigenvalue weighted by Gasteiger charge is 2.33. The number of carbonyl (C=O) groups is 1. The van der Waals surface area contributed by atoms with Gasteiger partial charge in [0.1, 0.15) is 0 Å². The van der Waals surface area contributed by atoms with E-state index in [0.717, 1.165) is 36.2 Å². The summed E-state index contributed by atoms with van der Waals surface area (Å²) in [6, 6.07) is 17.0. The van der Waals surface area contributed by atoms with Gasteiger partial charge in [0.25, 0.3) is 0 Å². The van der Waals surface area contributed by atoms with Crippen molar-refractivity contribution in [1.82, 2.24) is 4.90 Å². The highest BCUT2D eigenvalue weighted by Crippen LogP contribution is 2.42. The van der Waals surface area contributed by atoms with Crippen LogP contribution in [0.3, 0.4) is 0 Å². The number of nitrogens with zero attached hydrogens (tertiary/aromatic N) is 1. The number of aryl methyl sites for hydroxylation is 3. The Morgan fingerprint density at radius 3 is 2.63 bits per heavy atom. The normalized spacial score (nSPS) is 16.3. The summed E-state index contributed by atoms with van der Waals surface area (Å²) in [5.41, 5.74) is 7.45. The maximum atomic E-state index is 13.0. The molecular formula is C26H30N2OS. The molecule has 2 aromatic carbocycles. The first-order valence-corrected chi connectivity index (χ1v) is 11.6. The lowest BCUT2D eigenvalue weighted by atomic mass is 9.91. The molecule has 4 heteroatoms. The van der Waals surface area contributed by atoms with Crippen LogP contribution in [0, 0.1) is 20.8 Å². The maximum absolute atomic E-state index is 13.0. The monoisotopic (exact) mass is 418 g/mol. The van der Waals surface area contributed by atoms with Crippen molar-refractivity contribution in [3.8, 4) is 0 Å². The molecule has 0 radical (unpaired) electrons. The van der Waals surface area contributed by atoms with Gasteiger partial charge in [-0.05, 0) is 67.5 Å². The van der Waals surface area contributed by atoms with Crippen molar-refractivity contribution in [3.63, 3.8) is 0 Å². The van der Waals surface area contributed by atoms with Crippen molar-refractivity contribution >= 4 is 22.9 Å². The summed E-state index contributed by atoms with van der Waals surface area (Å²) in [5, 5.41) is 3.14. The van der Waals surface area contributed by atoms with Crippen LogP contribution in [0.15, 0.2) is 48.5 Å². The van der Waals surface area contributed by atoms with E-state index >= 15 is 0 Å². The predicted octanol–water partition coefficient (Wildman–Crippen LogP) is 5.82. The minimum Gasteiger partial charge on any atom is -0.325 e. The van der Waals surface area contributed by atoms with Gasteiger partial charge in [0.05, 0.1) is 12.6 Å². The summed E-state index contributed by atoms with van der Waals surface area (Å²) in [7, 11) is 0. The van der Waals surface area contributed by atoms with Crippen molar-refractivity contribution in [1.29, 1.82) is 0 Å². The molecule has 1 atom stereocenters. The molecule has 1 amide bonds. The molecule has 1 aliphatic rings. The van der Waals surface area contributed by atoms with Gasteiger partial charge in [-0.1, -0.05) is 49.4 Å². The van der Waals surface area contributed by atoms with Crippen LogP contribution in [-0.4, -0.2) is 23.9 Å². The third-order valence-corrected chi connectivity index (χ3v) is 7.34. The van der Waals surface area contributed by atoms with Gasteiger partial charge in [-0.25, -0.2) is 0 Å². The van der Waals surface area contributed by atoms with Gasteiger partial charge < -0.3 is 5.32 Å². The molecule has 0 bridgehead atoms. The fourth-order valence-corrected chi connectivity index (χ4v) is 6.04. The topological polar surface area (TPSA) is 32.3 Å². The SMILES string of the molecule is CCc1c(C)sc2c1CCN(CC(=O)Nc1cc(C)ccc1C)C2c1ccccc1. The second kappa shape index (κ2) is 8.75. The van der Waals surface area contributed by atoms with Crippen LogP contribution in [0.2, 0.25) is 0 Å². The number of benzene rings is 2. The number of carbonyl (C=O) groups excluding carboxylic acids is 1. The first-order valence-electron chi connectivity index (χ1n) is 10.7. The van der Waals surface area contributed by atoms with Crippen molar-refractivity contribution in [2.45, 2.75) is 46.6 Å². The van der Waals surface area contributed by atoms with Gasteiger partial charge in [-0.2, -0.15) is 0 Å². The van der Waals surface area contributed by atoms with E-state index in [-0.39, 0.29) is 11.9 Å². The summed E-state index contributed by atoms with van der Waals surface area (Å²) in [5.74, 6) is 0.0528. The Morgan fingerprint density at radius 2 is 1.90 bits per heavy atom. The lowest BCUT2D eigenvalue weighted by molar-refractivity contribution is -0.117. The Morgan fingerprint density at radius 1 is 1.13 bits per heavy atom. The molecule has 2 heterocycles. The van der Waals surface area contributed by atoms with E-state index in [9.17, 15) is 4.79 Å². The third kappa shape index (κ3) is 4.07. The number of hydrogen-bond donors (Lipinski definition) is 1. The lowest BCUT2D eigenvalue weighted by Gasteiger charge is -2.36. The highest BCUT2D eigenvalue weighted by molar-refractivity contribution is 7.12. The Bertz CT molecular complexity index is 1050. The van der Waals surface area contributed by atoms with Crippen molar-refractivity contribution in [3.05, 3.63) is 86.1 Å². The first-order chi connectivity index (χ1) is 14.5. The number of rotatable bonds is 5. The third-order valence-electron chi connectivity index (χ3n) is 6.09. The molecule has 156 valence electrons. The summed E-state index contributed by atoms with van der Waals surface area (Å²) >= 11 is 1.91. The van der Waals surface area contributed by atoms with E-state index in [1.807, 2.05) is 24.3 Å². The van der Waals surface area contributed by atoms with Crippen LogP contribution in [0.5, 0.6) is 0 Å². The molecule has 3 aromatic rings. The van der Waals surface area contributed by atoms with Crippen LogP contribution >= 0.6 is 11.3 Å². The molecule has 30 heavy (non-hydrogen) atoms. The molecule has 0 aliphatic carbocycles. The van der Waals surface area contributed by atoms with Crippen molar-refractivity contribution < 1.29 is 4.79 Å². The molecule has 1 aromatic heterocycles. The van der Waals surface area contributed by atoms with E-state index in [1.165, 1.54) is 26.4 Å². The largest absolute Gasteiger partial charge is 0.325 e. The average Bonchev–Trinajstić information content (AvgIpc) is 3.06. The fraction of sp³-hybridized carbons (Fsp3) is 0.346. The molecule has 0 saturated carbocycles. The summed E-state index contributed by atoms with van der Waals surface area (Å²) < 4.78 is 0. The standard InChI is InChI=1S/C26H30N2OS/c1-5-21-19(4)30-26-22(21)13-14-28(25(26)20-9-7-6-8-10-20)16-24(29)27-23-15-17(2)11-12-18(23)3/h6-12,15,25H,5,13-14,16H2,1-4H3,(H,27,29). The van der Waals surface area contributed by atoms with Crippen LogP contribution in [0.4, 0.5) is 5.69 Å². The van der Waals surface area contributed by atoms with Gasteiger partial charge in [-0.15, -0.1) is 11.3 Å². The minimum absolute atomic E-state index is 0.0528. The predicted molar refractivity (Wildman–Crippen MR) is 127 cm³/mol. The van der Waals surface area contributed by atoms with Crippen LogP contribution in [0.25, 0.3) is 0 Å². The second-order valence-corrected chi connectivity index (χ2v) is 9.49. The molecule has 4 rings (SSSR count). The van der Waals surface area contributed by atoms with E-state index in [1.54, 1.807) is 0 Å². The minimum atomic E-state index is 0.0528. The molecule has 1 aliphatic heterocycles. The number of thiophene rings is 1. The number of amides is 1. The molecular weight excluding hydrogens is 388 g/mol. The Balaban J connectivity index is 1.63. The average molecular weight is 419 g/mol. The van der Waals surface area contributed by atoms with Crippen LogP contribution in [0.1, 0.15) is 50.5 Å². The van der Waals surface area contributed by atoms with Gasteiger partial charge in [0.15, 0.2) is 0 Å². The summed E-state index contributed by atoms with van der Waals surface area (Å²) in [6.45, 7) is 9.87. The van der Waals surface area contributed by atoms with E-state index < -0.39 is 0 Å². The van der Waals surface area contributed by atoms with Crippen LogP contribution < -0.4 is 5.32 Å².